The summed E-state index contributed by atoms with van der Waals surface area (Å²) >= 11 is 0. The van der Waals surface area contributed by atoms with Crippen LogP contribution in [0.15, 0.2) is 103 Å². The van der Waals surface area contributed by atoms with Gasteiger partial charge in [0.25, 0.3) is 0 Å². The van der Waals surface area contributed by atoms with Crippen molar-refractivity contribution in [1.29, 1.82) is 0 Å². The molecule has 2 aliphatic rings. The summed E-state index contributed by atoms with van der Waals surface area (Å²) in [6.07, 6.45) is 0. The number of aromatic nitrogens is 2. The van der Waals surface area contributed by atoms with E-state index in [4.69, 9.17) is 14.5 Å². The Morgan fingerprint density at radius 3 is 2.16 bits per heavy atom. The summed E-state index contributed by atoms with van der Waals surface area (Å²) in [6, 6.07) is 35.4. The number of imidazole rings is 1. The molecule has 8 rings (SSSR count). The normalized spacial score (nSPS) is 14.2. The maximum atomic E-state index is 6.67. The molecule has 0 saturated carbocycles. The number of nitrogens with one attached hydrogen (secondary N) is 1. The fourth-order valence-electron chi connectivity index (χ4n) is 6.01. The van der Waals surface area contributed by atoms with Crippen molar-refractivity contribution in [2.24, 2.45) is 0 Å². The molecule has 4 nitrogen and oxygen atoms in total. The highest BCUT2D eigenvalue weighted by molar-refractivity contribution is 5.89. The van der Waals surface area contributed by atoms with Crippen LogP contribution in [0.4, 0.5) is 0 Å². The van der Waals surface area contributed by atoms with Gasteiger partial charge in [-0.15, -0.1) is 0 Å². The standard InChI is InChI=1S/C34H24N2O2/c1-34(2)25-14-6-5-11-21(25)24-18-30-31(19-26(24)34)37-29-17-9-13-22(32(29)38-30)20-10-3-4-12-23(20)33-35-27-15-7-8-16-28(27)36-33/h3-19H,1-2H3,(H,35,36). The zero-order valence-electron chi connectivity index (χ0n) is 21.1. The second-order valence-corrected chi connectivity index (χ2v) is 10.5. The van der Waals surface area contributed by atoms with Crippen molar-refractivity contribution in [3.05, 3.63) is 114 Å². The first kappa shape index (κ1) is 21.3. The van der Waals surface area contributed by atoms with E-state index in [2.05, 4.69) is 73.4 Å². The molecule has 2 heterocycles. The molecule has 38 heavy (non-hydrogen) atoms. The molecule has 5 aromatic carbocycles. The topological polar surface area (TPSA) is 47.1 Å². The first-order valence-electron chi connectivity index (χ1n) is 12.9. The summed E-state index contributed by atoms with van der Waals surface area (Å²) < 4.78 is 13.2. The molecule has 0 bridgehead atoms. The molecule has 0 atom stereocenters. The van der Waals surface area contributed by atoms with Crippen molar-refractivity contribution in [1.82, 2.24) is 9.97 Å². The summed E-state index contributed by atoms with van der Waals surface area (Å²) in [4.78, 5) is 8.34. The van der Waals surface area contributed by atoms with E-state index in [0.29, 0.717) is 11.5 Å². The van der Waals surface area contributed by atoms with E-state index in [0.717, 1.165) is 45.0 Å². The van der Waals surface area contributed by atoms with E-state index < -0.39 is 0 Å². The number of H-pyrrole nitrogens is 1. The number of nitrogens with zero attached hydrogens (tertiary/aromatic N) is 1. The van der Waals surface area contributed by atoms with Crippen molar-refractivity contribution in [3.63, 3.8) is 0 Å². The van der Waals surface area contributed by atoms with Gasteiger partial charge in [-0.1, -0.05) is 86.6 Å². The second kappa shape index (κ2) is 7.59. The third-order valence-electron chi connectivity index (χ3n) is 7.92. The van der Waals surface area contributed by atoms with Gasteiger partial charge in [0.2, 0.25) is 0 Å². The Balaban J connectivity index is 1.27. The first-order valence-corrected chi connectivity index (χ1v) is 12.9. The third kappa shape index (κ3) is 2.94. The summed E-state index contributed by atoms with van der Waals surface area (Å²) in [5.74, 6) is 3.74. The fourth-order valence-corrected chi connectivity index (χ4v) is 6.01. The van der Waals surface area contributed by atoms with Gasteiger partial charge >= 0.3 is 0 Å². The summed E-state index contributed by atoms with van der Waals surface area (Å²) in [6.45, 7) is 4.55. The Morgan fingerprint density at radius 2 is 1.29 bits per heavy atom. The molecule has 6 aromatic rings. The van der Waals surface area contributed by atoms with Crippen molar-refractivity contribution < 1.29 is 9.47 Å². The minimum absolute atomic E-state index is 0.0992. The van der Waals surface area contributed by atoms with Crippen molar-refractivity contribution in [2.45, 2.75) is 19.3 Å². The molecule has 1 aliphatic carbocycles. The van der Waals surface area contributed by atoms with E-state index in [-0.39, 0.29) is 5.41 Å². The molecule has 182 valence electrons. The van der Waals surface area contributed by atoms with Gasteiger partial charge in [0.15, 0.2) is 23.0 Å². The minimum atomic E-state index is -0.0992. The van der Waals surface area contributed by atoms with Gasteiger partial charge in [-0.05, 0) is 58.1 Å². The highest BCUT2D eigenvalue weighted by Crippen LogP contribution is 2.56. The molecule has 0 unspecified atom stereocenters. The van der Waals surface area contributed by atoms with Crippen LogP contribution in [0.1, 0.15) is 25.0 Å². The van der Waals surface area contributed by atoms with E-state index in [9.17, 15) is 0 Å². The molecule has 1 aliphatic heterocycles. The van der Waals surface area contributed by atoms with Gasteiger partial charge < -0.3 is 14.5 Å². The number of benzene rings is 5. The van der Waals surface area contributed by atoms with Crippen molar-refractivity contribution in [2.75, 3.05) is 0 Å². The predicted molar refractivity (Wildman–Crippen MR) is 151 cm³/mol. The minimum Gasteiger partial charge on any atom is -0.449 e. The first-order chi connectivity index (χ1) is 18.6. The summed E-state index contributed by atoms with van der Waals surface area (Å²) in [5, 5.41) is 0. The van der Waals surface area contributed by atoms with Crippen molar-refractivity contribution in [3.8, 4) is 56.6 Å². The Kier molecular flexibility index (Phi) is 4.25. The number of hydrogen-bond acceptors (Lipinski definition) is 3. The smallest absolute Gasteiger partial charge is 0.177 e. The number of para-hydroxylation sites is 3. The van der Waals surface area contributed by atoms with Gasteiger partial charge in [0.1, 0.15) is 5.82 Å². The second-order valence-electron chi connectivity index (χ2n) is 10.5. The average Bonchev–Trinajstić information content (AvgIpc) is 3.48. The third-order valence-corrected chi connectivity index (χ3v) is 7.92. The number of hydrogen-bond donors (Lipinski definition) is 1. The summed E-state index contributed by atoms with van der Waals surface area (Å²) in [7, 11) is 0. The number of rotatable bonds is 2. The number of aromatic amines is 1. The van der Waals surface area contributed by atoms with Crippen molar-refractivity contribution >= 4 is 11.0 Å². The summed E-state index contributed by atoms with van der Waals surface area (Å²) in [5.41, 5.74) is 9.91. The molecule has 1 aromatic heterocycles. The Morgan fingerprint density at radius 1 is 0.579 bits per heavy atom. The molecule has 4 heteroatoms. The Bertz CT molecular complexity index is 1880. The Labute approximate surface area is 220 Å². The molecule has 0 radical (unpaired) electrons. The quantitative estimate of drug-likeness (QED) is 0.262. The number of ether oxygens (including phenoxy) is 2. The van der Waals surface area contributed by atoms with Crippen LogP contribution in [0.2, 0.25) is 0 Å². The van der Waals surface area contributed by atoms with E-state index in [1.54, 1.807) is 0 Å². The van der Waals surface area contributed by atoms with Crippen LogP contribution in [0, 0.1) is 0 Å². The van der Waals surface area contributed by atoms with Crippen LogP contribution < -0.4 is 9.47 Å². The molecule has 0 saturated heterocycles. The highest BCUT2D eigenvalue weighted by atomic mass is 16.6. The van der Waals surface area contributed by atoms with Gasteiger partial charge in [0.05, 0.1) is 11.0 Å². The van der Waals surface area contributed by atoms with E-state index >= 15 is 0 Å². The SMILES string of the molecule is CC1(C)c2ccccc2-c2cc3c(cc21)Oc1cccc(-c2ccccc2-c2nc4ccccc4[nH]2)c1O3. The van der Waals surface area contributed by atoms with Crippen LogP contribution in [-0.4, -0.2) is 9.97 Å². The predicted octanol–water partition coefficient (Wildman–Crippen LogP) is 9.10. The van der Waals surface area contributed by atoms with Crippen LogP contribution >= 0.6 is 0 Å². The van der Waals surface area contributed by atoms with Crippen LogP contribution in [-0.2, 0) is 5.41 Å². The Hall–Kier alpha value is -4.83. The lowest BCUT2D eigenvalue weighted by Gasteiger charge is -2.26. The van der Waals surface area contributed by atoms with Crippen LogP contribution in [0.3, 0.4) is 0 Å². The molecule has 0 fully saturated rings. The van der Waals surface area contributed by atoms with Gasteiger partial charge in [0, 0.05) is 16.5 Å². The van der Waals surface area contributed by atoms with Gasteiger partial charge in [-0.25, -0.2) is 4.98 Å². The fraction of sp³-hybridized carbons (Fsp3) is 0.0882. The lowest BCUT2D eigenvalue weighted by Crippen LogP contribution is -2.15. The molecular weight excluding hydrogens is 468 g/mol. The maximum Gasteiger partial charge on any atom is 0.177 e. The lowest BCUT2D eigenvalue weighted by atomic mass is 9.82. The molecular formula is C34H24N2O2. The van der Waals surface area contributed by atoms with Gasteiger partial charge in [-0.3, -0.25) is 0 Å². The maximum absolute atomic E-state index is 6.67. The average molecular weight is 493 g/mol. The molecule has 1 N–H and O–H groups in total. The monoisotopic (exact) mass is 492 g/mol. The van der Waals surface area contributed by atoms with Crippen LogP contribution in [0.25, 0.3) is 44.7 Å². The van der Waals surface area contributed by atoms with Gasteiger partial charge in [-0.2, -0.15) is 0 Å². The largest absolute Gasteiger partial charge is 0.449 e. The zero-order valence-corrected chi connectivity index (χ0v) is 21.1. The lowest BCUT2D eigenvalue weighted by molar-refractivity contribution is 0.360. The van der Waals surface area contributed by atoms with E-state index in [1.807, 2.05) is 48.5 Å². The van der Waals surface area contributed by atoms with E-state index in [1.165, 1.54) is 22.3 Å². The molecule has 0 amide bonds. The highest BCUT2D eigenvalue weighted by Gasteiger charge is 2.37. The van der Waals surface area contributed by atoms with Crippen LogP contribution in [0.5, 0.6) is 23.0 Å². The number of fused-ring (bicyclic) bond motifs is 6. The molecule has 0 spiro atoms. The zero-order chi connectivity index (χ0) is 25.4.